The van der Waals surface area contributed by atoms with Gasteiger partial charge in [-0.3, -0.25) is 4.79 Å². The molecule has 20 heavy (non-hydrogen) atoms. The first-order chi connectivity index (χ1) is 9.43. The molecule has 4 heteroatoms. The molecule has 0 aromatic heterocycles. The summed E-state index contributed by atoms with van der Waals surface area (Å²) in [5, 5.41) is 0.651. The zero-order chi connectivity index (χ0) is 14.9. The van der Waals surface area contributed by atoms with Crippen LogP contribution in [0.25, 0.3) is 0 Å². The average Bonchev–Trinajstić information content (AvgIpc) is 2.42. The molecule has 0 aliphatic rings. The van der Waals surface area contributed by atoms with E-state index in [1.165, 1.54) is 0 Å². The van der Waals surface area contributed by atoms with Crippen LogP contribution in [0.4, 0.5) is 5.69 Å². The number of benzene rings is 2. The fourth-order valence-corrected chi connectivity index (χ4v) is 2.25. The van der Waals surface area contributed by atoms with Crippen LogP contribution in [-0.2, 0) is 0 Å². The topological polar surface area (TPSA) is 52.3 Å². The fourth-order valence-electron chi connectivity index (χ4n) is 2.03. The maximum Gasteiger partial charge on any atom is 0.195 e. The molecule has 0 bridgehead atoms. The van der Waals surface area contributed by atoms with E-state index in [1.807, 2.05) is 13.8 Å². The Kier molecular flexibility index (Phi) is 4.00. The second-order valence-electron chi connectivity index (χ2n) is 4.70. The van der Waals surface area contributed by atoms with Gasteiger partial charge in [-0.15, -0.1) is 0 Å². The molecule has 0 fully saturated rings. The van der Waals surface area contributed by atoms with E-state index in [2.05, 4.69) is 0 Å². The first-order valence-electron chi connectivity index (χ1n) is 6.19. The maximum absolute atomic E-state index is 12.6. The number of anilines is 1. The van der Waals surface area contributed by atoms with Crippen LogP contribution >= 0.6 is 11.6 Å². The normalized spacial score (nSPS) is 10.4. The van der Waals surface area contributed by atoms with Gasteiger partial charge in [0.15, 0.2) is 5.78 Å². The molecule has 0 heterocycles. The summed E-state index contributed by atoms with van der Waals surface area (Å²) >= 11 is 6.06. The number of hydrogen-bond acceptors (Lipinski definition) is 3. The van der Waals surface area contributed by atoms with Crippen molar-refractivity contribution in [3.8, 4) is 5.75 Å². The monoisotopic (exact) mass is 289 g/mol. The summed E-state index contributed by atoms with van der Waals surface area (Å²) in [5.74, 6) is 0.476. The summed E-state index contributed by atoms with van der Waals surface area (Å²) in [4.78, 5) is 12.6. The van der Waals surface area contributed by atoms with Gasteiger partial charge < -0.3 is 10.5 Å². The highest BCUT2D eigenvalue weighted by Crippen LogP contribution is 2.26. The number of hydrogen-bond donors (Lipinski definition) is 1. The van der Waals surface area contributed by atoms with Crippen LogP contribution in [0.2, 0.25) is 5.02 Å². The third-order valence-corrected chi connectivity index (χ3v) is 3.66. The summed E-state index contributed by atoms with van der Waals surface area (Å²) in [6.07, 6.45) is 0. The Bertz CT molecular complexity index is 680. The van der Waals surface area contributed by atoms with Crippen LogP contribution < -0.4 is 10.5 Å². The minimum absolute atomic E-state index is 0.126. The van der Waals surface area contributed by atoms with Crippen molar-refractivity contribution in [2.75, 3.05) is 12.8 Å². The van der Waals surface area contributed by atoms with E-state index in [-0.39, 0.29) is 5.78 Å². The Morgan fingerprint density at radius 3 is 2.45 bits per heavy atom. The number of halogens is 1. The van der Waals surface area contributed by atoms with E-state index < -0.39 is 0 Å². The molecule has 2 N–H and O–H groups in total. The third kappa shape index (κ3) is 2.63. The Morgan fingerprint density at radius 2 is 1.80 bits per heavy atom. The minimum Gasteiger partial charge on any atom is -0.497 e. The second-order valence-corrected chi connectivity index (χ2v) is 5.11. The largest absolute Gasteiger partial charge is 0.497 e. The molecule has 0 aliphatic carbocycles. The van der Waals surface area contributed by atoms with E-state index in [4.69, 9.17) is 22.1 Å². The third-order valence-electron chi connectivity index (χ3n) is 3.26. The van der Waals surface area contributed by atoms with Gasteiger partial charge in [0.2, 0.25) is 0 Å². The van der Waals surface area contributed by atoms with Crippen molar-refractivity contribution in [1.82, 2.24) is 0 Å². The van der Waals surface area contributed by atoms with Crippen molar-refractivity contribution in [1.29, 1.82) is 0 Å². The number of nitrogen functional groups attached to an aromatic ring is 1. The second kappa shape index (κ2) is 5.55. The Labute approximate surface area is 123 Å². The predicted octanol–water partition coefficient (Wildman–Crippen LogP) is 3.78. The number of carbonyl (C=O) groups is 1. The van der Waals surface area contributed by atoms with E-state index in [9.17, 15) is 4.79 Å². The molecule has 0 atom stereocenters. The first kappa shape index (κ1) is 14.4. The van der Waals surface area contributed by atoms with E-state index in [0.29, 0.717) is 27.6 Å². The molecule has 2 rings (SSSR count). The SMILES string of the molecule is COc1ccc(N)c(C(=O)c2cc(C)c(Cl)cc2C)c1. The highest BCUT2D eigenvalue weighted by atomic mass is 35.5. The summed E-state index contributed by atoms with van der Waals surface area (Å²) in [6.45, 7) is 3.72. The number of nitrogens with two attached hydrogens (primary N) is 1. The lowest BCUT2D eigenvalue weighted by Gasteiger charge is -2.11. The number of ether oxygens (including phenoxy) is 1. The van der Waals surface area contributed by atoms with Gasteiger partial charge >= 0.3 is 0 Å². The smallest absolute Gasteiger partial charge is 0.195 e. The molecule has 0 saturated heterocycles. The van der Waals surface area contributed by atoms with E-state index in [0.717, 1.165) is 11.1 Å². The number of methoxy groups -OCH3 is 1. The van der Waals surface area contributed by atoms with Gasteiger partial charge in [-0.2, -0.15) is 0 Å². The van der Waals surface area contributed by atoms with Gasteiger partial charge in [0.25, 0.3) is 0 Å². The number of carbonyl (C=O) groups excluding carboxylic acids is 1. The van der Waals surface area contributed by atoms with Crippen molar-refractivity contribution < 1.29 is 9.53 Å². The lowest BCUT2D eigenvalue weighted by Crippen LogP contribution is -2.08. The van der Waals surface area contributed by atoms with Crippen molar-refractivity contribution in [2.45, 2.75) is 13.8 Å². The van der Waals surface area contributed by atoms with Crippen molar-refractivity contribution >= 4 is 23.1 Å². The van der Waals surface area contributed by atoms with Crippen LogP contribution in [0.1, 0.15) is 27.0 Å². The molecule has 2 aromatic carbocycles. The van der Waals surface area contributed by atoms with Crippen molar-refractivity contribution in [3.63, 3.8) is 0 Å². The summed E-state index contributed by atoms with van der Waals surface area (Å²) in [6, 6.07) is 8.64. The zero-order valence-corrected chi connectivity index (χ0v) is 12.4. The number of ketones is 1. The minimum atomic E-state index is -0.126. The summed E-state index contributed by atoms with van der Waals surface area (Å²) in [7, 11) is 1.55. The highest BCUT2D eigenvalue weighted by Gasteiger charge is 2.16. The van der Waals surface area contributed by atoms with Crippen LogP contribution in [0.15, 0.2) is 30.3 Å². The van der Waals surface area contributed by atoms with Gasteiger partial charge in [-0.05, 0) is 55.3 Å². The standard InChI is InChI=1S/C16H16ClNO2/c1-9-7-14(17)10(2)6-12(9)16(19)13-8-11(20-3)4-5-15(13)18/h4-8H,18H2,1-3H3. The molecule has 3 nitrogen and oxygen atoms in total. The first-order valence-corrected chi connectivity index (χ1v) is 6.56. The Hall–Kier alpha value is -2.00. The zero-order valence-electron chi connectivity index (χ0n) is 11.7. The fraction of sp³-hybridized carbons (Fsp3) is 0.188. The maximum atomic E-state index is 12.6. The van der Waals surface area contributed by atoms with E-state index in [1.54, 1.807) is 37.4 Å². The molecule has 104 valence electrons. The molecule has 2 aromatic rings. The van der Waals surface area contributed by atoms with Crippen LogP contribution in [-0.4, -0.2) is 12.9 Å². The molecule has 0 spiro atoms. The van der Waals surface area contributed by atoms with Crippen molar-refractivity contribution in [2.24, 2.45) is 0 Å². The van der Waals surface area contributed by atoms with Gasteiger partial charge in [-0.1, -0.05) is 11.6 Å². The lowest BCUT2D eigenvalue weighted by molar-refractivity contribution is 0.103. The molecular formula is C16H16ClNO2. The van der Waals surface area contributed by atoms with Gasteiger partial charge in [0.1, 0.15) is 5.75 Å². The van der Waals surface area contributed by atoms with Crippen molar-refractivity contribution in [3.05, 3.63) is 57.6 Å². The highest BCUT2D eigenvalue weighted by molar-refractivity contribution is 6.31. The van der Waals surface area contributed by atoms with Gasteiger partial charge in [-0.25, -0.2) is 0 Å². The average molecular weight is 290 g/mol. The number of rotatable bonds is 3. The summed E-state index contributed by atoms with van der Waals surface area (Å²) in [5.41, 5.74) is 9.06. The molecular weight excluding hydrogens is 274 g/mol. The molecule has 0 amide bonds. The quantitative estimate of drug-likeness (QED) is 0.691. The number of aryl methyl sites for hydroxylation is 2. The lowest BCUT2D eigenvalue weighted by atomic mass is 9.96. The van der Waals surface area contributed by atoms with Crippen LogP contribution in [0.5, 0.6) is 5.75 Å². The predicted molar refractivity (Wildman–Crippen MR) is 81.8 cm³/mol. The van der Waals surface area contributed by atoms with Crippen LogP contribution in [0.3, 0.4) is 0 Å². The summed E-state index contributed by atoms with van der Waals surface area (Å²) < 4.78 is 5.14. The molecule has 0 unspecified atom stereocenters. The molecule has 0 saturated carbocycles. The van der Waals surface area contributed by atoms with E-state index >= 15 is 0 Å². The van der Waals surface area contributed by atoms with Gasteiger partial charge in [0, 0.05) is 21.8 Å². The van der Waals surface area contributed by atoms with Crippen LogP contribution in [0, 0.1) is 13.8 Å². The molecule has 0 aliphatic heterocycles. The Morgan fingerprint density at radius 1 is 1.10 bits per heavy atom. The molecule has 0 radical (unpaired) electrons. The Balaban J connectivity index is 2.54. The van der Waals surface area contributed by atoms with Gasteiger partial charge in [0.05, 0.1) is 7.11 Å².